The Kier molecular flexibility index (Phi) is 9.54. The number of halogens is 3. The van der Waals surface area contributed by atoms with Gasteiger partial charge in [-0.1, -0.05) is 31.7 Å². The Hall–Kier alpha value is -4.65. The van der Waals surface area contributed by atoms with Crippen LogP contribution in [0.15, 0.2) is 55.4 Å². The molecule has 13 heteroatoms. The summed E-state index contributed by atoms with van der Waals surface area (Å²) in [5, 5.41) is 6.68. The Bertz CT molecular complexity index is 1620. The quantitative estimate of drug-likeness (QED) is 0.210. The van der Waals surface area contributed by atoms with Crippen molar-refractivity contribution in [3.8, 4) is 17.1 Å². The summed E-state index contributed by atoms with van der Waals surface area (Å²) in [6.45, 7) is 5.02. The first-order chi connectivity index (χ1) is 20.4. The molecule has 3 heterocycles. The van der Waals surface area contributed by atoms with Crippen molar-refractivity contribution in [2.45, 2.75) is 19.5 Å². The fourth-order valence-corrected chi connectivity index (χ4v) is 4.47. The summed E-state index contributed by atoms with van der Waals surface area (Å²) in [5.41, 5.74) is 3.78. The molecule has 2 N–H and O–H groups in total. The van der Waals surface area contributed by atoms with Crippen LogP contribution in [0.25, 0.3) is 22.2 Å². The number of alkyl halides is 3. The van der Waals surface area contributed by atoms with Crippen molar-refractivity contribution in [3.05, 3.63) is 60.9 Å². The van der Waals surface area contributed by atoms with E-state index in [2.05, 4.69) is 27.2 Å². The SMILES string of the molecule is C=CC(=O)Nc1cc(Nc2ncc(CC)c(-c3cn(C)c4ccccc34)n2)c(OCC(F)(F)F)nc1N(C)CCN(C)C. The minimum absolute atomic E-state index is 0.0430. The van der Waals surface area contributed by atoms with Crippen LogP contribution >= 0.6 is 0 Å². The van der Waals surface area contributed by atoms with Gasteiger partial charge >= 0.3 is 6.18 Å². The molecule has 0 bridgehead atoms. The molecule has 0 spiro atoms. The number of carbonyl (C=O) groups excluding carboxylic acids is 1. The van der Waals surface area contributed by atoms with E-state index in [4.69, 9.17) is 9.72 Å². The average Bonchev–Trinajstić information content (AvgIpc) is 3.31. The third-order valence-corrected chi connectivity index (χ3v) is 6.67. The zero-order chi connectivity index (χ0) is 31.3. The molecule has 0 atom stereocenters. The highest BCUT2D eigenvalue weighted by Crippen LogP contribution is 2.37. The van der Waals surface area contributed by atoms with Crippen molar-refractivity contribution < 1.29 is 22.7 Å². The minimum Gasteiger partial charge on any atom is -0.466 e. The molecule has 43 heavy (non-hydrogen) atoms. The summed E-state index contributed by atoms with van der Waals surface area (Å²) >= 11 is 0. The van der Waals surface area contributed by atoms with Crippen LogP contribution in [0.2, 0.25) is 0 Å². The van der Waals surface area contributed by atoms with Crippen LogP contribution in [0.5, 0.6) is 5.88 Å². The summed E-state index contributed by atoms with van der Waals surface area (Å²) in [6, 6.07) is 9.38. The molecule has 0 radical (unpaired) electrons. The van der Waals surface area contributed by atoms with Crippen molar-refractivity contribution >= 4 is 40.0 Å². The molecule has 0 unspecified atom stereocenters. The fraction of sp³-hybridized carbons (Fsp3) is 0.333. The van der Waals surface area contributed by atoms with Crippen molar-refractivity contribution in [2.75, 3.05) is 56.4 Å². The second kappa shape index (κ2) is 13.1. The van der Waals surface area contributed by atoms with E-state index in [1.54, 1.807) is 18.1 Å². The van der Waals surface area contributed by atoms with Gasteiger partial charge in [0.15, 0.2) is 12.4 Å². The second-order valence-electron chi connectivity index (χ2n) is 10.3. The van der Waals surface area contributed by atoms with E-state index < -0.39 is 18.7 Å². The number of rotatable bonds is 12. The lowest BCUT2D eigenvalue weighted by molar-refractivity contribution is -0.153. The number of likely N-dealkylation sites (N-methyl/N-ethyl adjacent to an activating group) is 2. The summed E-state index contributed by atoms with van der Waals surface area (Å²) < 4.78 is 46.9. The van der Waals surface area contributed by atoms with Gasteiger partial charge in [-0.15, -0.1) is 0 Å². The lowest BCUT2D eigenvalue weighted by Gasteiger charge is -2.25. The number of nitrogens with zero attached hydrogens (tertiary/aromatic N) is 6. The number of hydrogen-bond acceptors (Lipinski definition) is 8. The lowest BCUT2D eigenvalue weighted by atomic mass is 10.0. The molecule has 0 aliphatic carbocycles. The lowest BCUT2D eigenvalue weighted by Crippen LogP contribution is -2.30. The number of ether oxygens (including phenoxy) is 1. The normalized spacial score (nSPS) is 11.6. The first kappa shape index (κ1) is 31.3. The number of carbonyl (C=O) groups is 1. The number of nitrogens with one attached hydrogen (secondary N) is 2. The van der Waals surface area contributed by atoms with Crippen LogP contribution in [0.3, 0.4) is 0 Å². The zero-order valence-corrected chi connectivity index (χ0v) is 24.8. The van der Waals surface area contributed by atoms with Gasteiger partial charge in [0.1, 0.15) is 5.69 Å². The Morgan fingerprint density at radius 3 is 2.56 bits per heavy atom. The second-order valence-corrected chi connectivity index (χ2v) is 10.3. The number of fused-ring (bicyclic) bond motifs is 1. The molecule has 0 aliphatic heterocycles. The maximum Gasteiger partial charge on any atom is 0.422 e. The summed E-state index contributed by atoms with van der Waals surface area (Å²) in [4.78, 5) is 29.6. The number of benzene rings is 1. The number of aryl methyl sites for hydroxylation is 2. The molecule has 0 saturated carbocycles. The molecule has 10 nitrogen and oxygen atoms in total. The molecule has 1 amide bonds. The third kappa shape index (κ3) is 7.60. The topological polar surface area (TPSA) is 100 Å². The van der Waals surface area contributed by atoms with E-state index in [0.29, 0.717) is 25.2 Å². The molecule has 4 aromatic rings. The van der Waals surface area contributed by atoms with E-state index in [1.807, 2.05) is 68.0 Å². The third-order valence-electron chi connectivity index (χ3n) is 6.67. The molecular weight excluding hydrogens is 561 g/mol. The zero-order valence-electron chi connectivity index (χ0n) is 24.8. The standard InChI is InChI=1S/C30H35F3N8O2/c1-7-19-16-34-29(37-26(19)21-17-41(6)24-12-10-9-11-20(21)24)36-23-15-22(35-25(42)8-2)27(40(5)14-13-39(3)4)38-28(23)43-18-30(31,32)33/h8-12,15-17H,2,7,13-14,18H2,1,3-6H3,(H,35,42)(H,34,36,37). The van der Waals surface area contributed by atoms with Crippen molar-refractivity contribution in [1.29, 1.82) is 0 Å². The first-order valence-corrected chi connectivity index (χ1v) is 13.6. The summed E-state index contributed by atoms with van der Waals surface area (Å²) in [6.07, 6.45) is 0.808. The monoisotopic (exact) mass is 596 g/mol. The summed E-state index contributed by atoms with van der Waals surface area (Å²) in [5.74, 6) is -0.497. The maximum absolute atomic E-state index is 13.2. The predicted octanol–water partition coefficient (Wildman–Crippen LogP) is 5.40. The van der Waals surface area contributed by atoms with E-state index in [0.717, 1.165) is 28.1 Å². The van der Waals surface area contributed by atoms with Crippen LogP contribution in [0.1, 0.15) is 12.5 Å². The molecule has 3 aromatic heterocycles. The highest BCUT2D eigenvalue weighted by molar-refractivity contribution is 6.01. The van der Waals surface area contributed by atoms with Crippen LogP contribution < -0.4 is 20.3 Å². The van der Waals surface area contributed by atoms with Gasteiger partial charge in [-0.05, 0) is 44.3 Å². The summed E-state index contributed by atoms with van der Waals surface area (Å²) in [7, 11) is 7.45. The van der Waals surface area contributed by atoms with Crippen LogP contribution in [0, 0.1) is 0 Å². The van der Waals surface area contributed by atoms with Gasteiger partial charge in [-0.2, -0.15) is 18.2 Å². The van der Waals surface area contributed by atoms with Gasteiger partial charge < -0.3 is 29.7 Å². The molecular formula is C30H35F3N8O2. The average molecular weight is 597 g/mol. The largest absolute Gasteiger partial charge is 0.466 e. The Morgan fingerprint density at radius 1 is 1.14 bits per heavy atom. The Labute approximate surface area is 248 Å². The van der Waals surface area contributed by atoms with Gasteiger partial charge in [-0.25, -0.2) is 9.97 Å². The number of hydrogen-bond donors (Lipinski definition) is 2. The van der Waals surface area contributed by atoms with Crippen LogP contribution in [0.4, 0.5) is 36.3 Å². The maximum atomic E-state index is 13.2. The van der Waals surface area contributed by atoms with Gasteiger partial charge in [0.05, 0.1) is 11.4 Å². The van der Waals surface area contributed by atoms with E-state index in [9.17, 15) is 18.0 Å². The Balaban J connectivity index is 1.81. The van der Waals surface area contributed by atoms with Crippen LogP contribution in [-0.2, 0) is 18.3 Å². The van der Waals surface area contributed by atoms with Gasteiger partial charge in [0.25, 0.3) is 0 Å². The minimum atomic E-state index is -4.60. The van der Waals surface area contributed by atoms with E-state index in [-0.39, 0.29) is 29.0 Å². The molecule has 0 aliphatic rings. The smallest absolute Gasteiger partial charge is 0.422 e. The van der Waals surface area contributed by atoms with Gasteiger partial charge in [0, 0.05) is 56.0 Å². The molecule has 0 fully saturated rings. The number of amides is 1. The number of anilines is 4. The van der Waals surface area contributed by atoms with E-state index >= 15 is 0 Å². The molecule has 0 saturated heterocycles. The molecule has 228 valence electrons. The fourth-order valence-electron chi connectivity index (χ4n) is 4.47. The highest BCUT2D eigenvalue weighted by Gasteiger charge is 2.30. The van der Waals surface area contributed by atoms with Crippen LogP contribution in [-0.4, -0.2) is 77.3 Å². The number of aromatic nitrogens is 4. The number of para-hydroxylation sites is 1. The highest BCUT2D eigenvalue weighted by atomic mass is 19.4. The van der Waals surface area contributed by atoms with Crippen molar-refractivity contribution in [2.24, 2.45) is 7.05 Å². The molecule has 1 aromatic carbocycles. The Morgan fingerprint density at radius 2 is 1.88 bits per heavy atom. The predicted molar refractivity (Wildman–Crippen MR) is 163 cm³/mol. The van der Waals surface area contributed by atoms with E-state index in [1.165, 1.54) is 6.07 Å². The van der Waals surface area contributed by atoms with Crippen molar-refractivity contribution in [3.63, 3.8) is 0 Å². The number of pyridine rings is 1. The van der Waals surface area contributed by atoms with Crippen molar-refractivity contribution in [1.82, 2.24) is 24.4 Å². The first-order valence-electron chi connectivity index (χ1n) is 13.6. The van der Waals surface area contributed by atoms with Gasteiger partial charge in [-0.3, -0.25) is 4.79 Å². The van der Waals surface area contributed by atoms with Gasteiger partial charge in [0.2, 0.25) is 17.7 Å². The molecule has 4 rings (SSSR count).